The lowest BCUT2D eigenvalue weighted by atomic mass is 9.80. The van der Waals surface area contributed by atoms with Crippen molar-refractivity contribution in [2.45, 2.75) is 19.3 Å². The second kappa shape index (κ2) is 15.6. The summed E-state index contributed by atoms with van der Waals surface area (Å²) in [6, 6.07) is 85.8. The van der Waals surface area contributed by atoms with Crippen LogP contribution in [0, 0.1) is 0 Å². The predicted molar refractivity (Wildman–Crippen MR) is 301 cm³/mol. The first-order valence-electron chi connectivity index (χ1n) is 24.7. The van der Waals surface area contributed by atoms with Crippen molar-refractivity contribution in [1.29, 1.82) is 0 Å². The highest BCUT2D eigenvalue weighted by Gasteiger charge is 2.36. The van der Waals surface area contributed by atoms with Gasteiger partial charge >= 0.3 is 0 Å². The SMILES string of the molecule is CN1c2ccccc2N(c2ccc3c(-c4ccccc4-c4ccc5c(c4)C(C)(C)c4ccccc4-5)c4cc(N5c6ccccc6N(C)c6ccccc65)ccc4c(-c4ccccc4)c3c2)c2ccccc21. The van der Waals surface area contributed by atoms with Crippen molar-refractivity contribution in [1.82, 2.24) is 0 Å². The van der Waals surface area contributed by atoms with E-state index in [0.29, 0.717) is 0 Å². The third-order valence-electron chi connectivity index (χ3n) is 15.7. The molecule has 2 aliphatic heterocycles. The van der Waals surface area contributed by atoms with Gasteiger partial charge in [0.15, 0.2) is 0 Å². The van der Waals surface area contributed by atoms with Crippen LogP contribution in [0.1, 0.15) is 25.0 Å². The lowest BCUT2D eigenvalue weighted by Gasteiger charge is -2.39. The van der Waals surface area contributed by atoms with E-state index >= 15 is 0 Å². The van der Waals surface area contributed by atoms with Crippen molar-refractivity contribution >= 4 is 78.4 Å². The minimum atomic E-state index is -0.130. The zero-order valence-electron chi connectivity index (χ0n) is 40.2. The van der Waals surface area contributed by atoms with E-state index in [1.165, 1.54) is 99.9 Å². The Bertz CT molecular complexity index is 3890. The van der Waals surface area contributed by atoms with Gasteiger partial charge in [0.05, 0.1) is 45.5 Å². The van der Waals surface area contributed by atoms with Gasteiger partial charge in [-0.1, -0.05) is 166 Å². The minimum absolute atomic E-state index is 0.130. The zero-order valence-corrected chi connectivity index (χ0v) is 40.2. The highest BCUT2D eigenvalue weighted by molar-refractivity contribution is 6.24. The van der Waals surface area contributed by atoms with Crippen LogP contribution in [0.25, 0.3) is 66.1 Å². The number of rotatable bonds is 5. The fraction of sp³-hybridized carbons (Fsp3) is 0.0746. The van der Waals surface area contributed by atoms with Crippen LogP contribution in [0.5, 0.6) is 0 Å². The van der Waals surface area contributed by atoms with Crippen LogP contribution in [-0.4, -0.2) is 14.1 Å². The summed E-state index contributed by atoms with van der Waals surface area (Å²) in [7, 11) is 4.35. The van der Waals surface area contributed by atoms with E-state index in [2.05, 4.69) is 278 Å². The van der Waals surface area contributed by atoms with Crippen molar-refractivity contribution in [3.63, 3.8) is 0 Å². The standard InChI is InChI=1S/C67H50N4/c1-67(2)55-25-11-10-23-48(55)49-37-34-44(40-56(49)67)47-22-8-9-24-50(47)66-52-39-36-45(70-61-30-16-12-26-57(61)68(3)58-27-13-17-31-62(58)70)41-53(52)65(43-20-6-5-7-21-43)51-38-35-46(42-54(51)66)71-63-32-18-14-28-59(63)69(4)60-29-15-19-33-64(60)71/h5-42H,1-4H3. The van der Waals surface area contributed by atoms with E-state index in [4.69, 9.17) is 0 Å². The molecule has 0 aromatic heterocycles. The predicted octanol–water partition coefficient (Wildman–Crippen LogP) is 18.4. The van der Waals surface area contributed by atoms with Crippen LogP contribution < -0.4 is 19.6 Å². The first-order valence-corrected chi connectivity index (χ1v) is 24.7. The third-order valence-corrected chi connectivity index (χ3v) is 15.7. The first-order chi connectivity index (χ1) is 34.8. The fourth-order valence-electron chi connectivity index (χ4n) is 12.3. The average molecular weight is 911 g/mol. The van der Waals surface area contributed by atoms with Gasteiger partial charge in [0.1, 0.15) is 0 Å². The van der Waals surface area contributed by atoms with E-state index < -0.39 is 0 Å². The Balaban J connectivity index is 1.08. The van der Waals surface area contributed by atoms with Crippen molar-refractivity contribution in [3.05, 3.63) is 242 Å². The number of benzene rings is 11. The molecule has 0 radical (unpaired) electrons. The second-order valence-corrected chi connectivity index (χ2v) is 19.8. The quantitative estimate of drug-likeness (QED) is 0.160. The smallest absolute Gasteiger partial charge is 0.0699 e. The molecule has 338 valence electrons. The van der Waals surface area contributed by atoms with Gasteiger partial charge in [0.2, 0.25) is 0 Å². The normalized spacial score (nSPS) is 13.9. The van der Waals surface area contributed by atoms with Gasteiger partial charge in [-0.05, 0) is 156 Å². The topological polar surface area (TPSA) is 13.0 Å². The van der Waals surface area contributed by atoms with Crippen molar-refractivity contribution in [2.24, 2.45) is 0 Å². The van der Waals surface area contributed by atoms with E-state index in [1.807, 2.05) is 0 Å². The molecule has 4 nitrogen and oxygen atoms in total. The zero-order chi connectivity index (χ0) is 47.5. The first kappa shape index (κ1) is 41.1. The van der Waals surface area contributed by atoms with Crippen molar-refractivity contribution in [2.75, 3.05) is 33.7 Å². The van der Waals surface area contributed by atoms with E-state index in [1.54, 1.807) is 0 Å². The van der Waals surface area contributed by atoms with E-state index in [9.17, 15) is 0 Å². The summed E-state index contributed by atoms with van der Waals surface area (Å²) in [6.07, 6.45) is 0. The van der Waals surface area contributed by atoms with Crippen LogP contribution in [0.3, 0.4) is 0 Å². The molecule has 2 heterocycles. The number of fused-ring (bicyclic) bond motifs is 9. The monoisotopic (exact) mass is 910 g/mol. The van der Waals surface area contributed by atoms with Gasteiger partial charge in [0.25, 0.3) is 0 Å². The highest BCUT2D eigenvalue weighted by Crippen LogP contribution is 2.56. The maximum Gasteiger partial charge on any atom is 0.0699 e. The highest BCUT2D eigenvalue weighted by atomic mass is 15.3. The molecule has 0 atom stereocenters. The average Bonchev–Trinajstić information content (AvgIpc) is 3.65. The molecule has 0 N–H and O–H groups in total. The van der Waals surface area contributed by atoms with Gasteiger partial charge in [-0.3, -0.25) is 0 Å². The molecule has 11 aromatic rings. The number of hydrogen-bond donors (Lipinski definition) is 0. The van der Waals surface area contributed by atoms with Gasteiger partial charge in [0, 0.05) is 30.9 Å². The van der Waals surface area contributed by atoms with Crippen LogP contribution in [0.4, 0.5) is 56.9 Å². The number of nitrogens with zero attached hydrogens (tertiary/aromatic N) is 4. The molecule has 71 heavy (non-hydrogen) atoms. The Hall–Kier alpha value is -8.86. The molecule has 0 saturated carbocycles. The van der Waals surface area contributed by atoms with Gasteiger partial charge < -0.3 is 19.6 Å². The summed E-state index contributed by atoms with van der Waals surface area (Å²) in [5.74, 6) is 0. The van der Waals surface area contributed by atoms with Gasteiger partial charge in [-0.25, -0.2) is 0 Å². The number of para-hydroxylation sites is 8. The molecule has 0 saturated heterocycles. The minimum Gasteiger partial charge on any atom is -0.341 e. The Morgan fingerprint density at radius 2 is 0.690 bits per heavy atom. The number of anilines is 10. The van der Waals surface area contributed by atoms with Crippen LogP contribution >= 0.6 is 0 Å². The largest absolute Gasteiger partial charge is 0.341 e. The molecule has 3 aliphatic rings. The Morgan fingerprint density at radius 3 is 1.23 bits per heavy atom. The molecule has 0 bridgehead atoms. The molecule has 0 fully saturated rings. The number of hydrogen-bond acceptors (Lipinski definition) is 4. The molecule has 4 heteroatoms. The summed E-state index contributed by atoms with van der Waals surface area (Å²) in [5, 5.41) is 4.81. The summed E-state index contributed by atoms with van der Waals surface area (Å²) in [4.78, 5) is 9.54. The molecule has 11 aromatic carbocycles. The van der Waals surface area contributed by atoms with Crippen LogP contribution in [-0.2, 0) is 5.41 Å². The van der Waals surface area contributed by atoms with Crippen LogP contribution in [0.2, 0.25) is 0 Å². The molecule has 14 rings (SSSR count). The molecule has 1 aliphatic carbocycles. The molecular weight excluding hydrogens is 861 g/mol. The third kappa shape index (κ3) is 6.04. The summed E-state index contributed by atoms with van der Waals surface area (Å²) in [6.45, 7) is 4.75. The molecule has 0 unspecified atom stereocenters. The Labute approximate surface area is 415 Å². The summed E-state index contributed by atoms with van der Waals surface area (Å²) < 4.78 is 0. The van der Waals surface area contributed by atoms with Crippen molar-refractivity contribution < 1.29 is 0 Å². The molecule has 0 spiro atoms. The summed E-state index contributed by atoms with van der Waals surface area (Å²) >= 11 is 0. The molecule has 0 amide bonds. The lowest BCUT2D eigenvalue weighted by Crippen LogP contribution is -2.24. The Morgan fingerprint density at radius 1 is 0.282 bits per heavy atom. The van der Waals surface area contributed by atoms with Crippen molar-refractivity contribution in [3.8, 4) is 44.5 Å². The van der Waals surface area contributed by atoms with Gasteiger partial charge in [-0.2, -0.15) is 0 Å². The second-order valence-electron chi connectivity index (χ2n) is 19.8. The van der Waals surface area contributed by atoms with E-state index in [0.717, 1.165) is 34.1 Å². The maximum atomic E-state index is 2.47. The summed E-state index contributed by atoms with van der Waals surface area (Å²) in [5.41, 5.74) is 24.0. The van der Waals surface area contributed by atoms with E-state index in [-0.39, 0.29) is 5.41 Å². The lowest BCUT2D eigenvalue weighted by molar-refractivity contribution is 0.660. The van der Waals surface area contributed by atoms with Crippen LogP contribution in [0.15, 0.2) is 231 Å². The Kier molecular flexibility index (Phi) is 9.03. The van der Waals surface area contributed by atoms with Gasteiger partial charge in [-0.15, -0.1) is 0 Å². The maximum absolute atomic E-state index is 2.47. The fourth-order valence-corrected chi connectivity index (χ4v) is 12.3. The molecular formula is C67H50N4.